The zero-order valence-electron chi connectivity index (χ0n) is 9.68. The monoisotopic (exact) mass is 242 g/mol. The zero-order valence-corrected chi connectivity index (χ0v) is 10.5. The molecule has 1 aromatic carbocycles. The second-order valence-corrected chi connectivity index (χ2v) is 4.32. The molecule has 0 aliphatic heterocycles. The lowest BCUT2D eigenvalue weighted by Gasteiger charge is -2.08. The zero-order chi connectivity index (χ0) is 12.1. The summed E-state index contributed by atoms with van der Waals surface area (Å²) in [6.07, 6.45) is 3.61. The van der Waals surface area contributed by atoms with E-state index in [0.29, 0.717) is 6.54 Å². The number of rotatable bonds is 3. The Hall–Kier alpha value is -1.74. The van der Waals surface area contributed by atoms with Crippen LogP contribution in [0.25, 0.3) is 0 Å². The first-order valence-electron chi connectivity index (χ1n) is 5.49. The van der Waals surface area contributed by atoms with Crippen LogP contribution in [0.1, 0.15) is 16.7 Å². The Balaban J connectivity index is 1.98. The van der Waals surface area contributed by atoms with Crippen LogP contribution in [-0.2, 0) is 6.54 Å². The van der Waals surface area contributed by atoms with Gasteiger partial charge in [0.15, 0.2) is 0 Å². The summed E-state index contributed by atoms with van der Waals surface area (Å²) in [6, 6.07) is 12.1. The van der Waals surface area contributed by atoms with E-state index < -0.39 is 0 Å². The Bertz CT molecular complexity index is 509. The van der Waals surface area contributed by atoms with Gasteiger partial charge in [0.05, 0.1) is 0 Å². The number of hydrogen-bond donors (Lipinski definition) is 1. The molecule has 0 bridgehead atoms. The lowest BCUT2D eigenvalue weighted by Crippen LogP contribution is -2.21. The van der Waals surface area contributed by atoms with Gasteiger partial charge in [-0.15, -0.1) is 0 Å². The molecule has 0 saturated heterocycles. The van der Waals surface area contributed by atoms with Crippen LogP contribution < -0.4 is 5.32 Å². The van der Waals surface area contributed by atoms with Gasteiger partial charge in [0.2, 0.25) is 0 Å². The highest BCUT2D eigenvalue weighted by molar-refractivity contribution is 7.80. The van der Waals surface area contributed by atoms with Gasteiger partial charge in [-0.25, -0.2) is 0 Å². The maximum absolute atomic E-state index is 5.35. The summed E-state index contributed by atoms with van der Waals surface area (Å²) in [5.41, 5.74) is 3.40. The van der Waals surface area contributed by atoms with Crippen LogP contribution in [0, 0.1) is 6.92 Å². The minimum Gasteiger partial charge on any atom is -0.372 e. The standard InChI is InChI=1S/C14H14N2S/c1-11-4-2-6-13(8-11)14(17)16-10-12-5-3-7-15-9-12/h2-9H,10H2,1H3,(H,16,17). The highest BCUT2D eigenvalue weighted by Crippen LogP contribution is 2.05. The maximum atomic E-state index is 5.35. The van der Waals surface area contributed by atoms with E-state index in [4.69, 9.17) is 12.2 Å². The average Bonchev–Trinajstić information content (AvgIpc) is 2.37. The molecule has 1 aromatic heterocycles. The van der Waals surface area contributed by atoms with Crippen molar-refractivity contribution in [2.24, 2.45) is 0 Å². The van der Waals surface area contributed by atoms with Crippen molar-refractivity contribution in [3.8, 4) is 0 Å². The molecule has 0 aliphatic carbocycles. The van der Waals surface area contributed by atoms with Crippen LogP contribution in [0.2, 0.25) is 0 Å². The van der Waals surface area contributed by atoms with Crippen molar-refractivity contribution < 1.29 is 0 Å². The number of nitrogens with zero attached hydrogens (tertiary/aromatic N) is 1. The Morgan fingerprint density at radius 2 is 2.18 bits per heavy atom. The van der Waals surface area contributed by atoms with E-state index in [9.17, 15) is 0 Å². The summed E-state index contributed by atoms with van der Waals surface area (Å²) in [4.78, 5) is 4.84. The molecule has 3 heteroatoms. The van der Waals surface area contributed by atoms with Crippen LogP contribution >= 0.6 is 12.2 Å². The van der Waals surface area contributed by atoms with E-state index in [1.54, 1.807) is 6.20 Å². The fourth-order valence-corrected chi connectivity index (χ4v) is 1.77. The van der Waals surface area contributed by atoms with Gasteiger partial charge in [-0.05, 0) is 24.6 Å². The Morgan fingerprint density at radius 1 is 1.29 bits per heavy atom. The predicted molar refractivity (Wildman–Crippen MR) is 74.0 cm³/mol. The largest absolute Gasteiger partial charge is 0.372 e. The predicted octanol–water partition coefficient (Wildman–Crippen LogP) is 2.86. The first-order valence-corrected chi connectivity index (χ1v) is 5.90. The van der Waals surface area contributed by atoms with E-state index in [0.717, 1.165) is 16.1 Å². The topological polar surface area (TPSA) is 24.9 Å². The van der Waals surface area contributed by atoms with Crippen molar-refractivity contribution >= 4 is 17.2 Å². The second kappa shape index (κ2) is 5.55. The van der Waals surface area contributed by atoms with E-state index >= 15 is 0 Å². The number of thiocarbonyl (C=S) groups is 1. The van der Waals surface area contributed by atoms with Crippen molar-refractivity contribution in [3.63, 3.8) is 0 Å². The molecule has 0 aliphatic rings. The first kappa shape index (κ1) is 11.7. The summed E-state index contributed by atoms with van der Waals surface area (Å²) in [7, 11) is 0. The molecule has 2 aromatic rings. The number of nitrogens with one attached hydrogen (secondary N) is 1. The highest BCUT2D eigenvalue weighted by atomic mass is 32.1. The number of hydrogen-bond acceptors (Lipinski definition) is 2. The average molecular weight is 242 g/mol. The number of aryl methyl sites for hydroxylation is 1. The van der Waals surface area contributed by atoms with Crippen molar-refractivity contribution in [2.45, 2.75) is 13.5 Å². The molecule has 17 heavy (non-hydrogen) atoms. The van der Waals surface area contributed by atoms with Gasteiger partial charge in [-0.1, -0.05) is 42.0 Å². The van der Waals surface area contributed by atoms with Crippen LogP contribution in [-0.4, -0.2) is 9.97 Å². The highest BCUT2D eigenvalue weighted by Gasteiger charge is 2.00. The summed E-state index contributed by atoms with van der Waals surface area (Å²) in [5, 5.41) is 3.23. The second-order valence-electron chi connectivity index (χ2n) is 3.91. The Morgan fingerprint density at radius 3 is 2.88 bits per heavy atom. The fourth-order valence-electron chi connectivity index (χ4n) is 1.57. The third kappa shape index (κ3) is 3.36. The van der Waals surface area contributed by atoms with Crippen LogP contribution in [0.3, 0.4) is 0 Å². The van der Waals surface area contributed by atoms with E-state index in [1.807, 2.05) is 30.5 Å². The normalized spacial score (nSPS) is 9.94. The third-order valence-corrected chi connectivity index (χ3v) is 2.84. The molecule has 1 N–H and O–H groups in total. The SMILES string of the molecule is Cc1cccc(C(=S)NCc2cccnc2)c1. The molecule has 0 atom stereocenters. The molecule has 0 saturated carbocycles. The van der Waals surface area contributed by atoms with E-state index in [1.165, 1.54) is 5.56 Å². The Kier molecular flexibility index (Phi) is 3.83. The van der Waals surface area contributed by atoms with Crippen molar-refractivity contribution in [3.05, 3.63) is 65.5 Å². The van der Waals surface area contributed by atoms with Crippen LogP contribution in [0.5, 0.6) is 0 Å². The quantitative estimate of drug-likeness (QED) is 0.838. The lowest BCUT2D eigenvalue weighted by molar-refractivity contribution is 0.919. The van der Waals surface area contributed by atoms with Gasteiger partial charge < -0.3 is 5.32 Å². The molecule has 86 valence electrons. The van der Waals surface area contributed by atoms with E-state index in [2.05, 4.69) is 29.4 Å². The van der Waals surface area contributed by atoms with Crippen LogP contribution in [0.15, 0.2) is 48.8 Å². The Labute approximate surface area is 107 Å². The molecule has 0 amide bonds. The number of benzene rings is 1. The minimum atomic E-state index is 0.709. The van der Waals surface area contributed by atoms with Crippen molar-refractivity contribution in [1.82, 2.24) is 10.3 Å². The van der Waals surface area contributed by atoms with Gasteiger partial charge in [0.1, 0.15) is 4.99 Å². The van der Waals surface area contributed by atoms with Gasteiger partial charge in [-0.3, -0.25) is 4.98 Å². The smallest absolute Gasteiger partial charge is 0.106 e. The maximum Gasteiger partial charge on any atom is 0.106 e. The number of aromatic nitrogens is 1. The summed E-state index contributed by atoms with van der Waals surface area (Å²) >= 11 is 5.35. The molecule has 2 nitrogen and oxygen atoms in total. The third-order valence-electron chi connectivity index (χ3n) is 2.46. The molecule has 1 heterocycles. The molecule has 0 fully saturated rings. The molecular formula is C14H14N2S. The van der Waals surface area contributed by atoms with Gasteiger partial charge in [0.25, 0.3) is 0 Å². The first-order chi connectivity index (χ1) is 8.25. The summed E-state index contributed by atoms with van der Waals surface area (Å²) in [5.74, 6) is 0. The summed E-state index contributed by atoms with van der Waals surface area (Å²) in [6.45, 7) is 2.77. The minimum absolute atomic E-state index is 0.709. The van der Waals surface area contributed by atoms with Gasteiger partial charge in [0, 0.05) is 24.5 Å². The molecule has 2 rings (SSSR count). The van der Waals surface area contributed by atoms with E-state index in [-0.39, 0.29) is 0 Å². The van der Waals surface area contributed by atoms with Gasteiger partial charge >= 0.3 is 0 Å². The lowest BCUT2D eigenvalue weighted by atomic mass is 10.1. The van der Waals surface area contributed by atoms with Gasteiger partial charge in [-0.2, -0.15) is 0 Å². The molecule has 0 radical (unpaired) electrons. The fraction of sp³-hybridized carbons (Fsp3) is 0.143. The number of pyridine rings is 1. The molecular weight excluding hydrogens is 228 g/mol. The summed E-state index contributed by atoms with van der Waals surface area (Å²) < 4.78 is 0. The molecule has 0 unspecified atom stereocenters. The molecule has 0 spiro atoms. The van der Waals surface area contributed by atoms with Crippen LogP contribution in [0.4, 0.5) is 0 Å². The van der Waals surface area contributed by atoms with Crippen molar-refractivity contribution in [1.29, 1.82) is 0 Å². The van der Waals surface area contributed by atoms with Crippen molar-refractivity contribution in [2.75, 3.05) is 0 Å².